The number of hydrogen-bond donors (Lipinski definition) is 2. The molecule has 0 aliphatic carbocycles. The minimum absolute atomic E-state index is 0.0497. The highest BCUT2D eigenvalue weighted by Gasteiger charge is 2.04. The summed E-state index contributed by atoms with van der Waals surface area (Å²) in [6, 6.07) is 12.2. The summed E-state index contributed by atoms with van der Waals surface area (Å²) >= 11 is 0. The summed E-state index contributed by atoms with van der Waals surface area (Å²) in [7, 11) is 0. The van der Waals surface area contributed by atoms with Crippen molar-refractivity contribution < 1.29 is 28.9 Å². The number of aromatic nitrogens is 1. The van der Waals surface area contributed by atoms with E-state index < -0.39 is 5.91 Å². The second-order valence-electron chi connectivity index (χ2n) is 4.74. The SMILES string of the molecule is O=C(COc1ccc(Oc2ccccn2)cc1)NOCCOCCO. The molecule has 1 aromatic carbocycles. The van der Waals surface area contributed by atoms with Crippen molar-refractivity contribution in [2.75, 3.05) is 33.0 Å². The molecular formula is C17H20N2O6. The van der Waals surface area contributed by atoms with Crippen molar-refractivity contribution in [2.45, 2.75) is 0 Å². The van der Waals surface area contributed by atoms with Crippen LogP contribution >= 0.6 is 0 Å². The van der Waals surface area contributed by atoms with Gasteiger partial charge in [-0.1, -0.05) is 6.07 Å². The van der Waals surface area contributed by atoms with Gasteiger partial charge in [0.25, 0.3) is 5.91 Å². The van der Waals surface area contributed by atoms with Crippen LogP contribution in [0.2, 0.25) is 0 Å². The Morgan fingerprint density at radius 3 is 2.56 bits per heavy atom. The lowest BCUT2D eigenvalue weighted by Crippen LogP contribution is -2.30. The van der Waals surface area contributed by atoms with Crippen LogP contribution in [0.3, 0.4) is 0 Å². The minimum Gasteiger partial charge on any atom is -0.484 e. The predicted molar refractivity (Wildman–Crippen MR) is 88.2 cm³/mol. The first-order chi connectivity index (χ1) is 12.3. The number of benzene rings is 1. The molecular weight excluding hydrogens is 328 g/mol. The summed E-state index contributed by atoms with van der Waals surface area (Å²) in [4.78, 5) is 20.5. The van der Waals surface area contributed by atoms with E-state index in [2.05, 4.69) is 10.5 Å². The first-order valence-corrected chi connectivity index (χ1v) is 7.69. The lowest BCUT2D eigenvalue weighted by molar-refractivity contribution is -0.137. The van der Waals surface area contributed by atoms with E-state index in [4.69, 9.17) is 24.2 Å². The van der Waals surface area contributed by atoms with E-state index in [-0.39, 0.29) is 33.0 Å². The van der Waals surface area contributed by atoms with Crippen LogP contribution in [0.25, 0.3) is 0 Å². The van der Waals surface area contributed by atoms with Crippen LogP contribution < -0.4 is 15.0 Å². The van der Waals surface area contributed by atoms with Crippen LogP contribution in [-0.4, -0.2) is 49.0 Å². The van der Waals surface area contributed by atoms with E-state index in [9.17, 15) is 4.79 Å². The molecule has 0 aliphatic heterocycles. The lowest BCUT2D eigenvalue weighted by Gasteiger charge is -2.09. The molecule has 0 aliphatic rings. The monoisotopic (exact) mass is 348 g/mol. The number of amides is 1. The molecule has 0 bridgehead atoms. The van der Waals surface area contributed by atoms with Crippen LogP contribution in [-0.2, 0) is 14.4 Å². The summed E-state index contributed by atoms with van der Waals surface area (Å²) in [6.45, 7) is 0.467. The fourth-order valence-corrected chi connectivity index (χ4v) is 1.71. The molecule has 8 heteroatoms. The van der Waals surface area contributed by atoms with Crippen molar-refractivity contribution in [2.24, 2.45) is 0 Å². The van der Waals surface area contributed by atoms with Crippen molar-refractivity contribution in [3.05, 3.63) is 48.7 Å². The van der Waals surface area contributed by atoms with Crippen LogP contribution in [0.1, 0.15) is 0 Å². The van der Waals surface area contributed by atoms with E-state index in [0.29, 0.717) is 17.4 Å². The van der Waals surface area contributed by atoms with Gasteiger partial charge in [0.2, 0.25) is 5.88 Å². The average molecular weight is 348 g/mol. The zero-order chi connectivity index (χ0) is 17.7. The normalized spacial score (nSPS) is 10.3. The van der Waals surface area contributed by atoms with E-state index in [1.165, 1.54) is 0 Å². The molecule has 0 radical (unpaired) electrons. The Kier molecular flexibility index (Phi) is 8.19. The van der Waals surface area contributed by atoms with E-state index in [1.54, 1.807) is 42.6 Å². The standard InChI is InChI=1S/C17H20N2O6/c20-9-10-22-11-12-24-19-16(21)13-23-14-4-6-15(7-5-14)25-17-3-1-2-8-18-17/h1-8,20H,9-13H2,(H,19,21). The Hall–Kier alpha value is -2.68. The Labute approximate surface area is 145 Å². The zero-order valence-electron chi connectivity index (χ0n) is 13.6. The number of hydrogen-bond acceptors (Lipinski definition) is 7. The highest BCUT2D eigenvalue weighted by Crippen LogP contribution is 2.22. The zero-order valence-corrected chi connectivity index (χ0v) is 13.6. The first kappa shape index (κ1) is 18.7. The summed E-state index contributed by atoms with van der Waals surface area (Å²) < 4.78 is 15.9. The molecule has 8 nitrogen and oxygen atoms in total. The number of carbonyl (C=O) groups is 1. The van der Waals surface area contributed by atoms with Crippen LogP contribution in [0.4, 0.5) is 0 Å². The van der Waals surface area contributed by atoms with Gasteiger partial charge in [-0.3, -0.25) is 9.63 Å². The number of carbonyl (C=O) groups excluding carboxylic acids is 1. The smallest absolute Gasteiger partial charge is 0.281 e. The van der Waals surface area contributed by atoms with Gasteiger partial charge in [0.15, 0.2) is 6.61 Å². The van der Waals surface area contributed by atoms with Crippen molar-refractivity contribution in [3.63, 3.8) is 0 Å². The molecule has 2 aromatic rings. The maximum Gasteiger partial charge on any atom is 0.281 e. The van der Waals surface area contributed by atoms with E-state index in [0.717, 1.165) is 0 Å². The van der Waals surface area contributed by atoms with Crippen LogP contribution in [0, 0.1) is 0 Å². The van der Waals surface area contributed by atoms with Gasteiger partial charge in [0, 0.05) is 12.3 Å². The molecule has 2 rings (SSSR count). The van der Waals surface area contributed by atoms with Gasteiger partial charge < -0.3 is 19.3 Å². The molecule has 0 spiro atoms. The summed E-state index contributed by atoms with van der Waals surface area (Å²) in [5.74, 6) is 1.21. The Bertz CT molecular complexity index is 621. The molecule has 2 N–H and O–H groups in total. The molecule has 0 saturated heterocycles. The molecule has 134 valence electrons. The average Bonchev–Trinajstić information content (AvgIpc) is 2.65. The number of aliphatic hydroxyl groups is 1. The van der Waals surface area contributed by atoms with Gasteiger partial charge in [-0.15, -0.1) is 0 Å². The van der Waals surface area contributed by atoms with E-state index in [1.807, 2.05) is 6.07 Å². The quantitative estimate of drug-likeness (QED) is 0.466. The van der Waals surface area contributed by atoms with Crippen molar-refractivity contribution in [1.82, 2.24) is 10.5 Å². The summed E-state index contributed by atoms with van der Waals surface area (Å²) in [5.41, 5.74) is 2.23. The number of aliphatic hydroxyl groups excluding tert-OH is 1. The van der Waals surface area contributed by atoms with Crippen molar-refractivity contribution in [1.29, 1.82) is 0 Å². The van der Waals surface area contributed by atoms with Gasteiger partial charge in [0.05, 0.1) is 26.4 Å². The van der Waals surface area contributed by atoms with Gasteiger partial charge >= 0.3 is 0 Å². The molecule has 1 heterocycles. The van der Waals surface area contributed by atoms with Crippen LogP contribution in [0.15, 0.2) is 48.7 Å². The number of nitrogens with zero attached hydrogens (tertiary/aromatic N) is 1. The predicted octanol–water partition coefficient (Wildman–Crippen LogP) is 1.31. The van der Waals surface area contributed by atoms with E-state index >= 15 is 0 Å². The number of hydroxylamine groups is 1. The molecule has 25 heavy (non-hydrogen) atoms. The number of rotatable bonds is 11. The third kappa shape index (κ3) is 7.62. The van der Waals surface area contributed by atoms with Crippen molar-refractivity contribution >= 4 is 5.91 Å². The highest BCUT2D eigenvalue weighted by molar-refractivity contribution is 5.76. The molecule has 0 saturated carbocycles. The molecule has 0 atom stereocenters. The molecule has 0 fully saturated rings. The van der Waals surface area contributed by atoms with Gasteiger partial charge in [0.1, 0.15) is 11.5 Å². The largest absolute Gasteiger partial charge is 0.484 e. The first-order valence-electron chi connectivity index (χ1n) is 7.69. The molecule has 0 unspecified atom stereocenters. The number of nitrogens with one attached hydrogen (secondary N) is 1. The third-order valence-electron chi connectivity index (χ3n) is 2.81. The second kappa shape index (κ2) is 11.0. The van der Waals surface area contributed by atoms with Gasteiger partial charge in [-0.05, 0) is 30.3 Å². The van der Waals surface area contributed by atoms with Crippen molar-refractivity contribution in [3.8, 4) is 17.4 Å². The van der Waals surface area contributed by atoms with Crippen LogP contribution in [0.5, 0.6) is 17.4 Å². The third-order valence-corrected chi connectivity index (χ3v) is 2.81. The Morgan fingerprint density at radius 1 is 1.04 bits per heavy atom. The fourth-order valence-electron chi connectivity index (χ4n) is 1.71. The minimum atomic E-state index is -0.420. The van der Waals surface area contributed by atoms with Gasteiger partial charge in [-0.25, -0.2) is 10.5 Å². The van der Waals surface area contributed by atoms with Gasteiger partial charge in [-0.2, -0.15) is 0 Å². The highest BCUT2D eigenvalue weighted by atomic mass is 16.7. The number of ether oxygens (including phenoxy) is 3. The molecule has 1 aromatic heterocycles. The Balaban J connectivity index is 1.64. The summed E-state index contributed by atoms with van der Waals surface area (Å²) in [5, 5.41) is 8.52. The maximum atomic E-state index is 11.5. The topological polar surface area (TPSA) is 99.1 Å². The summed E-state index contributed by atoms with van der Waals surface area (Å²) in [6.07, 6.45) is 1.65. The fraction of sp³-hybridized carbons (Fsp3) is 0.294. The lowest BCUT2D eigenvalue weighted by atomic mass is 10.3. The maximum absolute atomic E-state index is 11.5. The molecule has 1 amide bonds. The Morgan fingerprint density at radius 2 is 1.84 bits per heavy atom. The number of pyridine rings is 1. The second-order valence-corrected chi connectivity index (χ2v) is 4.74.